The number of benzene rings is 2. The van der Waals surface area contributed by atoms with Crippen LogP contribution in [0.4, 0.5) is 4.39 Å². The molecule has 2 N–H and O–H groups in total. The smallest absolute Gasteiger partial charge is 0.226 e. The summed E-state index contributed by atoms with van der Waals surface area (Å²) in [7, 11) is 0. The van der Waals surface area contributed by atoms with Crippen molar-refractivity contribution >= 4 is 17.5 Å². The molecule has 2 aromatic carbocycles. The van der Waals surface area contributed by atoms with Crippen molar-refractivity contribution in [2.24, 2.45) is 0 Å². The number of amides is 1. The number of aryl methyl sites for hydroxylation is 1. The Bertz CT molecular complexity index is 930. The first-order valence-electron chi connectivity index (χ1n) is 8.80. The Morgan fingerprint density at radius 3 is 2.79 bits per heavy atom. The summed E-state index contributed by atoms with van der Waals surface area (Å²) < 4.78 is 18.4. The molecular weight excluding hydrogens is 385 g/mol. The standard InChI is InChI=1S/C20H19ClFN3O3/c21-15-9-7-13(8-10-15)20-24-19(28-25-20)6-2-5-18(27)23-12-17(26)14-3-1-4-16(22)11-14/h1,3-4,7-11,17,26H,2,5-6,12H2,(H,23,27). The fourth-order valence-corrected chi connectivity index (χ4v) is 2.73. The monoisotopic (exact) mass is 403 g/mol. The first kappa shape index (κ1) is 20.0. The molecule has 0 spiro atoms. The summed E-state index contributed by atoms with van der Waals surface area (Å²) in [5, 5.41) is 17.2. The van der Waals surface area contributed by atoms with Gasteiger partial charge in [0, 0.05) is 30.0 Å². The van der Waals surface area contributed by atoms with Gasteiger partial charge in [-0.3, -0.25) is 4.79 Å². The summed E-state index contributed by atoms with van der Waals surface area (Å²) in [4.78, 5) is 16.2. The normalized spacial score (nSPS) is 12.0. The molecule has 0 aliphatic rings. The second kappa shape index (κ2) is 9.43. The van der Waals surface area contributed by atoms with Crippen molar-refractivity contribution in [1.29, 1.82) is 0 Å². The zero-order valence-electron chi connectivity index (χ0n) is 14.9. The maximum atomic E-state index is 13.2. The summed E-state index contributed by atoms with van der Waals surface area (Å²) in [5.41, 5.74) is 1.21. The molecular formula is C20H19ClFN3O3. The number of aromatic nitrogens is 2. The van der Waals surface area contributed by atoms with E-state index >= 15 is 0 Å². The van der Waals surface area contributed by atoms with Gasteiger partial charge in [0.1, 0.15) is 5.82 Å². The van der Waals surface area contributed by atoms with Crippen LogP contribution in [0.3, 0.4) is 0 Å². The van der Waals surface area contributed by atoms with Crippen LogP contribution >= 0.6 is 11.6 Å². The first-order valence-corrected chi connectivity index (χ1v) is 9.18. The molecule has 0 fully saturated rings. The maximum absolute atomic E-state index is 13.2. The third kappa shape index (κ3) is 5.61. The third-order valence-corrected chi connectivity index (χ3v) is 4.34. The minimum absolute atomic E-state index is 0.0174. The molecule has 0 saturated heterocycles. The molecule has 1 atom stereocenters. The van der Waals surface area contributed by atoms with Crippen molar-refractivity contribution in [3.63, 3.8) is 0 Å². The molecule has 0 saturated carbocycles. The van der Waals surface area contributed by atoms with Gasteiger partial charge in [0.25, 0.3) is 0 Å². The molecule has 8 heteroatoms. The highest BCUT2D eigenvalue weighted by atomic mass is 35.5. The largest absolute Gasteiger partial charge is 0.387 e. The summed E-state index contributed by atoms with van der Waals surface area (Å²) in [5.74, 6) is 0.264. The molecule has 146 valence electrons. The fourth-order valence-electron chi connectivity index (χ4n) is 2.60. The molecule has 6 nitrogen and oxygen atoms in total. The molecule has 0 aliphatic carbocycles. The van der Waals surface area contributed by atoms with Crippen molar-refractivity contribution in [1.82, 2.24) is 15.5 Å². The summed E-state index contributed by atoms with van der Waals surface area (Å²) in [6.45, 7) is 0.0174. The number of carbonyl (C=O) groups excluding carboxylic acids is 1. The first-order chi connectivity index (χ1) is 13.5. The zero-order valence-corrected chi connectivity index (χ0v) is 15.7. The van der Waals surface area contributed by atoms with Gasteiger partial charge in [0.15, 0.2) is 0 Å². The lowest BCUT2D eigenvalue weighted by molar-refractivity contribution is -0.121. The predicted molar refractivity (Wildman–Crippen MR) is 102 cm³/mol. The van der Waals surface area contributed by atoms with E-state index in [0.717, 1.165) is 5.56 Å². The van der Waals surface area contributed by atoms with Crippen molar-refractivity contribution in [3.05, 3.63) is 70.8 Å². The van der Waals surface area contributed by atoms with Gasteiger partial charge in [-0.1, -0.05) is 28.9 Å². The summed E-state index contributed by atoms with van der Waals surface area (Å²) in [6.07, 6.45) is 0.261. The number of aliphatic hydroxyl groups excluding tert-OH is 1. The van der Waals surface area contributed by atoms with E-state index in [2.05, 4.69) is 15.5 Å². The molecule has 1 aromatic heterocycles. The Labute approximate surface area is 166 Å². The number of nitrogens with zero attached hydrogens (tertiary/aromatic N) is 2. The third-order valence-electron chi connectivity index (χ3n) is 4.09. The number of hydrogen-bond donors (Lipinski definition) is 2. The lowest BCUT2D eigenvalue weighted by Gasteiger charge is -2.12. The van der Waals surface area contributed by atoms with E-state index in [-0.39, 0.29) is 18.9 Å². The highest BCUT2D eigenvalue weighted by Crippen LogP contribution is 2.19. The number of halogens is 2. The highest BCUT2D eigenvalue weighted by Gasteiger charge is 2.12. The van der Waals surface area contributed by atoms with Crippen LogP contribution in [-0.2, 0) is 11.2 Å². The molecule has 1 unspecified atom stereocenters. The van der Waals surface area contributed by atoms with Crippen LogP contribution in [-0.4, -0.2) is 27.7 Å². The number of nitrogens with one attached hydrogen (secondary N) is 1. The van der Waals surface area contributed by atoms with E-state index in [4.69, 9.17) is 16.1 Å². The fraction of sp³-hybridized carbons (Fsp3) is 0.250. The van der Waals surface area contributed by atoms with Crippen LogP contribution < -0.4 is 5.32 Å². The number of carbonyl (C=O) groups is 1. The average molecular weight is 404 g/mol. The Balaban J connectivity index is 1.41. The second-order valence-electron chi connectivity index (χ2n) is 6.25. The predicted octanol–water partition coefficient (Wildman–Crippen LogP) is 3.70. The average Bonchev–Trinajstić information content (AvgIpc) is 3.15. The minimum atomic E-state index is -0.961. The molecule has 0 bridgehead atoms. The zero-order chi connectivity index (χ0) is 19.9. The molecule has 1 amide bonds. The van der Waals surface area contributed by atoms with Gasteiger partial charge in [-0.2, -0.15) is 4.98 Å². The molecule has 28 heavy (non-hydrogen) atoms. The van der Waals surface area contributed by atoms with E-state index in [1.807, 2.05) is 0 Å². The van der Waals surface area contributed by atoms with E-state index in [9.17, 15) is 14.3 Å². The van der Waals surface area contributed by atoms with E-state index in [1.54, 1.807) is 30.3 Å². The Morgan fingerprint density at radius 1 is 1.25 bits per heavy atom. The lowest BCUT2D eigenvalue weighted by atomic mass is 10.1. The van der Waals surface area contributed by atoms with Crippen LogP contribution in [0.25, 0.3) is 11.4 Å². The summed E-state index contributed by atoms with van der Waals surface area (Å²) >= 11 is 5.85. The van der Waals surface area contributed by atoms with Crippen LogP contribution in [0.15, 0.2) is 53.1 Å². The summed E-state index contributed by atoms with van der Waals surface area (Å²) in [6, 6.07) is 12.7. The van der Waals surface area contributed by atoms with Crippen molar-refractivity contribution < 1.29 is 18.8 Å². The molecule has 3 aromatic rings. The topological polar surface area (TPSA) is 88.2 Å². The van der Waals surface area contributed by atoms with E-state index in [1.165, 1.54) is 18.2 Å². The molecule has 1 heterocycles. The number of aliphatic hydroxyl groups is 1. The van der Waals surface area contributed by atoms with Gasteiger partial charge >= 0.3 is 0 Å². The van der Waals surface area contributed by atoms with Gasteiger partial charge in [0.2, 0.25) is 17.6 Å². The SMILES string of the molecule is O=C(CCCc1nc(-c2ccc(Cl)cc2)no1)NCC(O)c1cccc(F)c1. The van der Waals surface area contributed by atoms with Crippen LogP contribution in [0.1, 0.15) is 30.4 Å². The lowest BCUT2D eigenvalue weighted by Crippen LogP contribution is -2.28. The minimum Gasteiger partial charge on any atom is -0.387 e. The van der Waals surface area contributed by atoms with Gasteiger partial charge in [-0.25, -0.2) is 4.39 Å². The van der Waals surface area contributed by atoms with Crippen molar-refractivity contribution in [3.8, 4) is 11.4 Å². The van der Waals surface area contributed by atoms with E-state index in [0.29, 0.717) is 35.1 Å². The number of hydrogen-bond acceptors (Lipinski definition) is 5. The van der Waals surface area contributed by atoms with Gasteiger partial charge in [-0.15, -0.1) is 0 Å². The van der Waals surface area contributed by atoms with Crippen LogP contribution in [0.5, 0.6) is 0 Å². The van der Waals surface area contributed by atoms with Crippen molar-refractivity contribution in [2.45, 2.75) is 25.4 Å². The Morgan fingerprint density at radius 2 is 2.04 bits per heavy atom. The van der Waals surface area contributed by atoms with Crippen molar-refractivity contribution in [2.75, 3.05) is 6.54 Å². The molecule has 3 rings (SSSR count). The second-order valence-corrected chi connectivity index (χ2v) is 6.68. The van der Waals surface area contributed by atoms with E-state index < -0.39 is 11.9 Å². The quantitative estimate of drug-likeness (QED) is 0.598. The van der Waals surface area contributed by atoms with Gasteiger partial charge in [0.05, 0.1) is 6.10 Å². The highest BCUT2D eigenvalue weighted by molar-refractivity contribution is 6.30. The molecule has 0 aliphatic heterocycles. The van der Waals surface area contributed by atoms with Gasteiger partial charge < -0.3 is 14.9 Å². The Hall–Kier alpha value is -2.77. The molecule has 0 radical (unpaired) electrons. The van der Waals surface area contributed by atoms with Crippen LogP contribution in [0, 0.1) is 5.82 Å². The van der Waals surface area contributed by atoms with Gasteiger partial charge in [-0.05, 0) is 48.4 Å². The maximum Gasteiger partial charge on any atom is 0.226 e. The number of rotatable bonds is 8. The van der Waals surface area contributed by atoms with Crippen LogP contribution in [0.2, 0.25) is 5.02 Å². The Kier molecular flexibility index (Phi) is 6.73.